The molecule has 0 aliphatic heterocycles. The average molecular weight is 290 g/mol. The molecular weight excluding hydrogens is 268 g/mol. The third-order valence-corrected chi connectivity index (χ3v) is 5.06. The number of rotatable bonds is 4. The molecule has 20 heavy (non-hydrogen) atoms. The van der Waals surface area contributed by atoms with E-state index in [4.69, 9.17) is 0 Å². The number of hydrogen-bond acceptors (Lipinski definition) is 3. The molecule has 0 spiro atoms. The van der Waals surface area contributed by atoms with E-state index in [-0.39, 0.29) is 11.9 Å². The summed E-state index contributed by atoms with van der Waals surface area (Å²) in [5.41, 5.74) is -0.780. The topological polar surface area (TPSA) is 52.9 Å². The minimum atomic E-state index is -0.780. The molecule has 1 amide bonds. The molecule has 1 aromatic rings. The fraction of sp³-hybridized carbons (Fsp3) is 0.625. The molecule has 0 aromatic carbocycles. The lowest BCUT2D eigenvalue weighted by Gasteiger charge is -2.30. The molecule has 1 unspecified atom stereocenters. The van der Waals surface area contributed by atoms with Crippen LogP contribution in [-0.4, -0.2) is 11.9 Å². The number of thiophene rings is 1. The summed E-state index contributed by atoms with van der Waals surface area (Å²) in [6, 6.07) is 6.58. The lowest BCUT2D eigenvalue weighted by Crippen LogP contribution is -2.45. The van der Waals surface area contributed by atoms with E-state index in [2.05, 4.69) is 30.4 Å². The number of nitrogens with zero attached hydrogens (tertiary/aromatic N) is 1. The van der Waals surface area contributed by atoms with Crippen molar-refractivity contribution in [2.75, 3.05) is 0 Å². The molecule has 1 heterocycles. The van der Waals surface area contributed by atoms with Crippen LogP contribution in [0.2, 0.25) is 0 Å². The highest BCUT2D eigenvalue weighted by Gasteiger charge is 2.40. The summed E-state index contributed by atoms with van der Waals surface area (Å²) < 4.78 is 0. The number of carbonyl (C=O) groups is 1. The Morgan fingerprint density at radius 1 is 1.45 bits per heavy atom. The van der Waals surface area contributed by atoms with Gasteiger partial charge in [0.2, 0.25) is 5.91 Å². The molecule has 1 atom stereocenters. The van der Waals surface area contributed by atoms with Crippen LogP contribution in [0.15, 0.2) is 12.1 Å². The smallest absolute Gasteiger partial charge is 0.240 e. The van der Waals surface area contributed by atoms with Crippen molar-refractivity contribution in [3.05, 3.63) is 21.9 Å². The average Bonchev–Trinajstić information content (AvgIpc) is 2.84. The molecule has 4 heteroatoms. The molecule has 0 saturated heterocycles. The molecule has 1 aliphatic carbocycles. The molecule has 108 valence electrons. The number of nitriles is 1. The first-order valence-electron chi connectivity index (χ1n) is 7.33. The van der Waals surface area contributed by atoms with E-state index in [9.17, 15) is 10.1 Å². The van der Waals surface area contributed by atoms with Crippen molar-refractivity contribution in [2.24, 2.45) is 5.41 Å². The Morgan fingerprint density at radius 3 is 2.70 bits per heavy atom. The van der Waals surface area contributed by atoms with Crippen LogP contribution in [0.5, 0.6) is 0 Å². The van der Waals surface area contributed by atoms with Crippen LogP contribution in [-0.2, 0) is 11.2 Å². The SMILES string of the molecule is Cc1ccc(CC(C)NC(=O)C2(C#N)CCCCC2)s1. The number of aryl methyl sites for hydroxylation is 1. The van der Waals surface area contributed by atoms with Gasteiger partial charge >= 0.3 is 0 Å². The molecule has 0 bridgehead atoms. The second kappa shape index (κ2) is 6.41. The third kappa shape index (κ3) is 3.40. The molecule has 1 saturated carbocycles. The van der Waals surface area contributed by atoms with Gasteiger partial charge in [0.05, 0.1) is 6.07 Å². The second-order valence-corrected chi connectivity index (χ2v) is 7.22. The minimum absolute atomic E-state index is 0.0690. The number of hydrogen-bond donors (Lipinski definition) is 1. The van der Waals surface area contributed by atoms with Gasteiger partial charge in [-0.05, 0) is 38.8 Å². The van der Waals surface area contributed by atoms with E-state index in [1.807, 2.05) is 6.92 Å². The van der Waals surface area contributed by atoms with E-state index >= 15 is 0 Å². The van der Waals surface area contributed by atoms with E-state index < -0.39 is 5.41 Å². The summed E-state index contributed by atoms with van der Waals surface area (Å²) in [5, 5.41) is 12.5. The van der Waals surface area contributed by atoms with E-state index in [0.717, 1.165) is 25.7 Å². The minimum Gasteiger partial charge on any atom is -0.352 e. The zero-order chi connectivity index (χ0) is 14.6. The van der Waals surface area contributed by atoms with Gasteiger partial charge in [-0.2, -0.15) is 5.26 Å². The Morgan fingerprint density at radius 2 is 2.15 bits per heavy atom. The molecule has 1 N–H and O–H groups in total. The first-order valence-corrected chi connectivity index (χ1v) is 8.15. The van der Waals surface area contributed by atoms with Crippen LogP contribution in [0.4, 0.5) is 0 Å². The van der Waals surface area contributed by atoms with Gasteiger partial charge < -0.3 is 5.32 Å². The Labute approximate surface area is 125 Å². The largest absolute Gasteiger partial charge is 0.352 e. The normalized spacial score (nSPS) is 19.1. The van der Waals surface area contributed by atoms with Crippen LogP contribution in [0, 0.1) is 23.7 Å². The second-order valence-electron chi connectivity index (χ2n) is 5.85. The standard InChI is InChI=1S/C16H22N2OS/c1-12(10-14-7-6-13(2)20-14)18-15(19)16(11-17)8-4-3-5-9-16/h6-7,12H,3-5,8-10H2,1-2H3,(H,18,19). The van der Waals surface area contributed by atoms with Crippen molar-refractivity contribution in [1.82, 2.24) is 5.32 Å². The van der Waals surface area contributed by atoms with Crippen molar-refractivity contribution in [3.63, 3.8) is 0 Å². The predicted octanol–water partition coefficient (Wildman–Crippen LogP) is 3.58. The van der Waals surface area contributed by atoms with Gasteiger partial charge in [-0.25, -0.2) is 0 Å². The Hall–Kier alpha value is -1.34. The van der Waals surface area contributed by atoms with Gasteiger partial charge in [0, 0.05) is 22.2 Å². The van der Waals surface area contributed by atoms with Crippen LogP contribution < -0.4 is 5.32 Å². The lowest BCUT2D eigenvalue weighted by molar-refractivity contribution is -0.130. The van der Waals surface area contributed by atoms with E-state index in [0.29, 0.717) is 12.8 Å². The highest BCUT2D eigenvalue weighted by molar-refractivity contribution is 7.11. The maximum Gasteiger partial charge on any atom is 0.240 e. The van der Waals surface area contributed by atoms with Crippen LogP contribution in [0.1, 0.15) is 48.8 Å². The summed E-state index contributed by atoms with van der Waals surface area (Å²) in [4.78, 5) is 15.0. The monoisotopic (exact) mass is 290 g/mol. The van der Waals surface area contributed by atoms with Gasteiger partial charge in [-0.15, -0.1) is 11.3 Å². The molecular formula is C16H22N2OS. The molecule has 2 rings (SSSR count). The van der Waals surface area contributed by atoms with Crippen molar-refractivity contribution < 1.29 is 4.79 Å². The summed E-state index contributed by atoms with van der Waals surface area (Å²) in [6.07, 6.45) is 5.37. The summed E-state index contributed by atoms with van der Waals surface area (Å²) in [7, 11) is 0. The maximum absolute atomic E-state index is 12.4. The van der Waals surface area contributed by atoms with Gasteiger partial charge in [-0.3, -0.25) is 4.79 Å². The lowest BCUT2D eigenvalue weighted by atomic mass is 9.74. The van der Waals surface area contributed by atoms with Gasteiger partial charge in [0.25, 0.3) is 0 Å². The first kappa shape index (κ1) is 15.1. The summed E-state index contributed by atoms with van der Waals surface area (Å²) in [5.74, 6) is -0.0690. The van der Waals surface area contributed by atoms with Crippen LogP contribution >= 0.6 is 11.3 Å². The van der Waals surface area contributed by atoms with E-state index in [1.165, 1.54) is 9.75 Å². The fourth-order valence-corrected chi connectivity index (χ4v) is 3.87. The Bertz CT molecular complexity index is 509. The van der Waals surface area contributed by atoms with Crippen molar-refractivity contribution >= 4 is 17.2 Å². The van der Waals surface area contributed by atoms with Gasteiger partial charge in [0.1, 0.15) is 5.41 Å². The zero-order valence-corrected chi connectivity index (χ0v) is 13.1. The van der Waals surface area contributed by atoms with Gasteiger partial charge in [-0.1, -0.05) is 19.3 Å². The maximum atomic E-state index is 12.4. The number of nitrogens with one attached hydrogen (secondary N) is 1. The van der Waals surface area contributed by atoms with Crippen molar-refractivity contribution in [3.8, 4) is 6.07 Å². The first-order chi connectivity index (χ1) is 9.55. The predicted molar refractivity (Wildman–Crippen MR) is 81.5 cm³/mol. The third-order valence-electron chi connectivity index (χ3n) is 4.04. The highest BCUT2D eigenvalue weighted by atomic mass is 32.1. The fourth-order valence-electron chi connectivity index (χ4n) is 2.85. The molecule has 1 aliphatic rings. The number of carbonyl (C=O) groups excluding carboxylic acids is 1. The van der Waals surface area contributed by atoms with Crippen LogP contribution in [0.3, 0.4) is 0 Å². The van der Waals surface area contributed by atoms with Gasteiger partial charge in [0.15, 0.2) is 0 Å². The Kier molecular flexibility index (Phi) is 4.82. The molecule has 1 fully saturated rings. The summed E-state index contributed by atoms with van der Waals surface area (Å²) in [6.45, 7) is 4.10. The van der Waals surface area contributed by atoms with Crippen molar-refractivity contribution in [1.29, 1.82) is 5.26 Å². The van der Waals surface area contributed by atoms with E-state index in [1.54, 1.807) is 11.3 Å². The quantitative estimate of drug-likeness (QED) is 0.921. The highest BCUT2D eigenvalue weighted by Crippen LogP contribution is 2.36. The molecule has 3 nitrogen and oxygen atoms in total. The number of amides is 1. The molecule has 0 radical (unpaired) electrons. The van der Waals surface area contributed by atoms with Crippen molar-refractivity contribution in [2.45, 2.75) is 58.4 Å². The van der Waals surface area contributed by atoms with Crippen LogP contribution in [0.25, 0.3) is 0 Å². The zero-order valence-electron chi connectivity index (χ0n) is 12.2. The Balaban J connectivity index is 1.94. The molecule has 1 aromatic heterocycles. The summed E-state index contributed by atoms with van der Waals surface area (Å²) >= 11 is 1.77.